The fourth-order valence-corrected chi connectivity index (χ4v) is 2.04. The molecule has 22 heavy (non-hydrogen) atoms. The molecule has 2 rings (SSSR count). The Labute approximate surface area is 124 Å². The Morgan fingerprint density at radius 2 is 1.77 bits per heavy atom. The van der Waals surface area contributed by atoms with Gasteiger partial charge in [-0.15, -0.1) is 0 Å². The molecule has 0 aliphatic rings. The number of halogens is 3. The van der Waals surface area contributed by atoms with Crippen LogP contribution in [-0.2, 0) is 22.6 Å². The van der Waals surface area contributed by atoms with E-state index in [1.54, 1.807) is 30.3 Å². The average molecular weight is 332 g/mol. The second kappa shape index (κ2) is 5.91. The quantitative estimate of drug-likeness (QED) is 0.805. The number of hydrogen-bond donors (Lipinski definition) is 0. The predicted octanol–water partition coefficient (Wildman–Crippen LogP) is 2.48. The standard InChI is InChI=1S/C13H11F3N2O3S/c1-22(19,20)12-17-10(13(14,15)16)7-11(18-12)21-8-9-5-3-2-4-6-9/h2-7H,8H2,1H3. The molecule has 1 heterocycles. The number of benzene rings is 1. The van der Waals surface area contributed by atoms with Gasteiger partial charge < -0.3 is 4.74 Å². The number of nitrogens with zero attached hydrogens (tertiary/aromatic N) is 2. The van der Waals surface area contributed by atoms with Gasteiger partial charge in [-0.2, -0.15) is 18.2 Å². The molecule has 0 saturated heterocycles. The van der Waals surface area contributed by atoms with Crippen LogP contribution >= 0.6 is 0 Å². The lowest BCUT2D eigenvalue weighted by atomic mass is 10.2. The van der Waals surface area contributed by atoms with E-state index < -0.39 is 32.7 Å². The van der Waals surface area contributed by atoms with Gasteiger partial charge in [0, 0.05) is 12.3 Å². The van der Waals surface area contributed by atoms with Gasteiger partial charge in [-0.1, -0.05) is 30.3 Å². The van der Waals surface area contributed by atoms with Crippen molar-refractivity contribution in [3.8, 4) is 5.88 Å². The van der Waals surface area contributed by atoms with Crippen molar-refractivity contribution in [1.29, 1.82) is 0 Å². The summed E-state index contributed by atoms with van der Waals surface area (Å²) >= 11 is 0. The third kappa shape index (κ3) is 4.17. The second-order valence-electron chi connectivity index (χ2n) is 4.42. The molecule has 0 amide bonds. The molecule has 1 aromatic carbocycles. The highest BCUT2D eigenvalue weighted by atomic mass is 32.2. The van der Waals surface area contributed by atoms with Gasteiger partial charge in [-0.05, 0) is 5.56 Å². The molecular formula is C13H11F3N2O3S. The van der Waals surface area contributed by atoms with Crippen LogP contribution in [0.3, 0.4) is 0 Å². The Hall–Kier alpha value is -2.16. The van der Waals surface area contributed by atoms with E-state index in [1.165, 1.54) is 0 Å². The van der Waals surface area contributed by atoms with Crippen molar-refractivity contribution in [3.05, 3.63) is 47.7 Å². The first kappa shape index (κ1) is 16.2. The van der Waals surface area contributed by atoms with E-state index in [2.05, 4.69) is 9.97 Å². The monoisotopic (exact) mass is 332 g/mol. The smallest absolute Gasteiger partial charge is 0.433 e. The molecule has 0 atom stereocenters. The summed E-state index contributed by atoms with van der Waals surface area (Å²) in [7, 11) is -3.99. The fourth-order valence-electron chi connectivity index (χ4n) is 1.52. The number of alkyl halides is 3. The van der Waals surface area contributed by atoms with Crippen molar-refractivity contribution in [2.45, 2.75) is 17.9 Å². The van der Waals surface area contributed by atoms with Crippen molar-refractivity contribution >= 4 is 9.84 Å². The summed E-state index contributed by atoms with van der Waals surface area (Å²) in [4.78, 5) is 6.54. The molecule has 118 valence electrons. The van der Waals surface area contributed by atoms with E-state index in [1.807, 2.05) is 0 Å². The van der Waals surface area contributed by atoms with Crippen molar-refractivity contribution < 1.29 is 26.3 Å². The summed E-state index contributed by atoms with van der Waals surface area (Å²) in [5.74, 6) is -0.452. The van der Waals surface area contributed by atoms with Crippen LogP contribution in [0.4, 0.5) is 13.2 Å². The minimum atomic E-state index is -4.80. The summed E-state index contributed by atoms with van der Waals surface area (Å²) in [5.41, 5.74) is -0.665. The number of rotatable bonds is 4. The third-order valence-electron chi connectivity index (χ3n) is 2.53. The minimum absolute atomic E-state index is 0.0433. The normalized spacial score (nSPS) is 12.2. The minimum Gasteiger partial charge on any atom is -0.473 e. The Bertz CT molecular complexity index is 762. The summed E-state index contributed by atoms with van der Waals surface area (Å²) in [6, 6.07) is 9.24. The van der Waals surface area contributed by atoms with E-state index in [0.717, 1.165) is 6.26 Å². The van der Waals surface area contributed by atoms with E-state index in [-0.39, 0.29) is 6.61 Å². The van der Waals surface area contributed by atoms with Gasteiger partial charge in [0.15, 0.2) is 5.69 Å². The lowest BCUT2D eigenvalue weighted by Gasteiger charge is -2.10. The molecule has 0 bridgehead atoms. The Kier molecular flexibility index (Phi) is 4.36. The molecule has 1 aromatic heterocycles. The van der Waals surface area contributed by atoms with Crippen LogP contribution in [0, 0.1) is 0 Å². The van der Waals surface area contributed by atoms with Crippen LogP contribution in [-0.4, -0.2) is 24.6 Å². The zero-order valence-electron chi connectivity index (χ0n) is 11.3. The van der Waals surface area contributed by atoms with Crippen LogP contribution in [0.25, 0.3) is 0 Å². The van der Waals surface area contributed by atoms with Gasteiger partial charge in [-0.3, -0.25) is 0 Å². The van der Waals surface area contributed by atoms with Gasteiger partial charge >= 0.3 is 6.18 Å². The van der Waals surface area contributed by atoms with Crippen LogP contribution in [0.5, 0.6) is 5.88 Å². The Morgan fingerprint density at radius 1 is 1.14 bits per heavy atom. The molecule has 5 nitrogen and oxygen atoms in total. The number of ether oxygens (including phenoxy) is 1. The predicted molar refractivity (Wildman–Crippen MR) is 70.9 cm³/mol. The zero-order valence-corrected chi connectivity index (χ0v) is 12.1. The maximum atomic E-state index is 12.8. The summed E-state index contributed by atoms with van der Waals surface area (Å²) in [6.45, 7) is -0.0433. The highest BCUT2D eigenvalue weighted by Crippen LogP contribution is 2.30. The molecule has 0 spiro atoms. The van der Waals surface area contributed by atoms with Crippen LogP contribution in [0.2, 0.25) is 0 Å². The molecule has 0 N–H and O–H groups in total. The van der Waals surface area contributed by atoms with E-state index in [9.17, 15) is 21.6 Å². The van der Waals surface area contributed by atoms with Gasteiger partial charge in [0.1, 0.15) is 6.61 Å². The van der Waals surface area contributed by atoms with E-state index in [0.29, 0.717) is 11.6 Å². The molecule has 0 aliphatic heterocycles. The molecule has 9 heteroatoms. The maximum absolute atomic E-state index is 12.8. The largest absolute Gasteiger partial charge is 0.473 e. The first-order chi connectivity index (χ1) is 10.2. The zero-order chi connectivity index (χ0) is 16.4. The van der Waals surface area contributed by atoms with Crippen molar-refractivity contribution in [1.82, 2.24) is 9.97 Å². The fraction of sp³-hybridized carbons (Fsp3) is 0.231. The van der Waals surface area contributed by atoms with Gasteiger partial charge in [0.05, 0.1) is 0 Å². The molecule has 0 unspecified atom stereocenters. The third-order valence-corrected chi connectivity index (χ3v) is 3.38. The summed E-state index contributed by atoms with van der Waals surface area (Å²) < 4.78 is 66.2. The molecule has 0 saturated carbocycles. The molecule has 2 aromatic rings. The lowest BCUT2D eigenvalue weighted by molar-refractivity contribution is -0.141. The SMILES string of the molecule is CS(=O)(=O)c1nc(OCc2ccccc2)cc(C(F)(F)F)n1. The topological polar surface area (TPSA) is 69.2 Å². The highest BCUT2D eigenvalue weighted by Gasteiger charge is 2.35. The van der Waals surface area contributed by atoms with Crippen LogP contribution in [0.15, 0.2) is 41.6 Å². The van der Waals surface area contributed by atoms with Crippen molar-refractivity contribution in [2.24, 2.45) is 0 Å². The average Bonchev–Trinajstić information content (AvgIpc) is 2.44. The van der Waals surface area contributed by atoms with E-state index >= 15 is 0 Å². The number of sulfone groups is 1. The first-order valence-corrected chi connectivity index (χ1v) is 7.88. The second-order valence-corrected chi connectivity index (χ2v) is 6.33. The Morgan fingerprint density at radius 3 is 2.32 bits per heavy atom. The highest BCUT2D eigenvalue weighted by molar-refractivity contribution is 7.90. The van der Waals surface area contributed by atoms with Gasteiger partial charge in [0.25, 0.3) is 5.16 Å². The van der Waals surface area contributed by atoms with E-state index in [4.69, 9.17) is 4.74 Å². The first-order valence-electron chi connectivity index (χ1n) is 5.99. The van der Waals surface area contributed by atoms with Gasteiger partial charge in [-0.25, -0.2) is 13.4 Å². The number of aromatic nitrogens is 2. The Balaban J connectivity index is 2.34. The molecular weight excluding hydrogens is 321 g/mol. The van der Waals surface area contributed by atoms with Crippen molar-refractivity contribution in [2.75, 3.05) is 6.26 Å². The van der Waals surface area contributed by atoms with Crippen molar-refractivity contribution in [3.63, 3.8) is 0 Å². The summed E-state index contributed by atoms with van der Waals surface area (Å²) in [6.07, 6.45) is -4.07. The molecule has 0 radical (unpaired) electrons. The van der Waals surface area contributed by atoms with Gasteiger partial charge in [0.2, 0.25) is 15.7 Å². The number of hydrogen-bond acceptors (Lipinski definition) is 5. The summed E-state index contributed by atoms with van der Waals surface area (Å²) in [5, 5.41) is -0.926. The van der Waals surface area contributed by atoms with Crippen LogP contribution < -0.4 is 4.74 Å². The molecule has 0 fully saturated rings. The molecule has 0 aliphatic carbocycles. The lowest BCUT2D eigenvalue weighted by Crippen LogP contribution is -2.14. The van der Waals surface area contributed by atoms with Crippen LogP contribution in [0.1, 0.15) is 11.3 Å². The maximum Gasteiger partial charge on any atom is 0.433 e.